The Kier molecular flexibility index (Phi) is 7.76. The Bertz CT molecular complexity index is 771. The first-order valence-corrected chi connectivity index (χ1v) is 10.2. The Morgan fingerprint density at radius 1 is 0.897 bits per heavy atom. The molecular formula is C23H31N3O3. The summed E-state index contributed by atoms with van der Waals surface area (Å²) in [6.45, 7) is 5.01. The number of amides is 2. The summed E-state index contributed by atoms with van der Waals surface area (Å²) in [6.07, 6.45) is 1.81. The average molecular weight is 398 g/mol. The zero-order valence-corrected chi connectivity index (χ0v) is 17.4. The van der Waals surface area contributed by atoms with E-state index in [9.17, 15) is 4.79 Å². The molecule has 6 heteroatoms. The van der Waals surface area contributed by atoms with Gasteiger partial charge in [0, 0.05) is 39.3 Å². The van der Waals surface area contributed by atoms with Gasteiger partial charge in [-0.15, -0.1) is 0 Å². The SMILES string of the molecule is COc1ccc(CCNC(=O)N2CCN(CCc3cccc(OC)c3)CC2)cc1. The van der Waals surface area contributed by atoms with Gasteiger partial charge >= 0.3 is 6.03 Å². The molecule has 2 amide bonds. The van der Waals surface area contributed by atoms with Crippen molar-refractivity contribution in [1.29, 1.82) is 0 Å². The summed E-state index contributed by atoms with van der Waals surface area (Å²) in [6, 6.07) is 16.2. The minimum absolute atomic E-state index is 0.0333. The fourth-order valence-electron chi connectivity index (χ4n) is 3.51. The van der Waals surface area contributed by atoms with Crippen molar-refractivity contribution in [1.82, 2.24) is 15.1 Å². The van der Waals surface area contributed by atoms with Gasteiger partial charge in [-0.3, -0.25) is 4.90 Å². The standard InChI is InChI=1S/C23H31N3O3/c1-28-21-8-6-19(7-9-21)10-12-24-23(27)26-16-14-25(15-17-26)13-11-20-4-3-5-22(18-20)29-2/h3-9,18H,10-17H2,1-2H3,(H,24,27). The topological polar surface area (TPSA) is 54.0 Å². The Labute approximate surface area is 173 Å². The van der Waals surface area contributed by atoms with Crippen molar-refractivity contribution in [3.63, 3.8) is 0 Å². The molecule has 3 rings (SSSR count). The first-order chi connectivity index (χ1) is 14.2. The van der Waals surface area contributed by atoms with Crippen LogP contribution in [0.1, 0.15) is 11.1 Å². The molecule has 1 aliphatic heterocycles. The van der Waals surface area contributed by atoms with Crippen LogP contribution in [0.2, 0.25) is 0 Å². The second-order valence-electron chi connectivity index (χ2n) is 7.26. The summed E-state index contributed by atoms with van der Waals surface area (Å²) in [5, 5.41) is 3.04. The Morgan fingerprint density at radius 3 is 2.31 bits per heavy atom. The number of urea groups is 1. The largest absolute Gasteiger partial charge is 0.497 e. The van der Waals surface area contributed by atoms with E-state index < -0.39 is 0 Å². The molecule has 0 atom stereocenters. The van der Waals surface area contributed by atoms with Crippen LogP contribution in [0.15, 0.2) is 48.5 Å². The van der Waals surface area contributed by atoms with Gasteiger partial charge in [-0.2, -0.15) is 0 Å². The second kappa shape index (κ2) is 10.7. The van der Waals surface area contributed by atoms with E-state index >= 15 is 0 Å². The summed E-state index contributed by atoms with van der Waals surface area (Å²) in [5.74, 6) is 1.75. The number of nitrogens with one attached hydrogen (secondary N) is 1. The van der Waals surface area contributed by atoms with E-state index in [2.05, 4.69) is 22.3 Å². The third-order valence-electron chi connectivity index (χ3n) is 5.36. The number of benzene rings is 2. The molecule has 0 radical (unpaired) electrons. The highest BCUT2D eigenvalue weighted by atomic mass is 16.5. The molecule has 0 bridgehead atoms. The highest BCUT2D eigenvalue weighted by Gasteiger charge is 2.20. The van der Waals surface area contributed by atoms with E-state index in [-0.39, 0.29) is 6.03 Å². The van der Waals surface area contributed by atoms with Gasteiger partial charge in [0.1, 0.15) is 11.5 Å². The molecule has 1 saturated heterocycles. The molecule has 1 N–H and O–H groups in total. The number of carbonyl (C=O) groups excluding carboxylic acids is 1. The van der Waals surface area contributed by atoms with Gasteiger partial charge in [0.15, 0.2) is 0 Å². The van der Waals surface area contributed by atoms with Crippen LogP contribution in [-0.2, 0) is 12.8 Å². The predicted molar refractivity (Wildman–Crippen MR) is 115 cm³/mol. The van der Waals surface area contributed by atoms with Crippen molar-refractivity contribution in [3.8, 4) is 11.5 Å². The fourth-order valence-corrected chi connectivity index (χ4v) is 3.51. The third kappa shape index (κ3) is 6.39. The van der Waals surface area contributed by atoms with Crippen LogP contribution < -0.4 is 14.8 Å². The monoisotopic (exact) mass is 397 g/mol. The van der Waals surface area contributed by atoms with E-state index in [1.54, 1.807) is 14.2 Å². The maximum absolute atomic E-state index is 12.4. The third-order valence-corrected chi connectivity index (χ3v) is 5.36. The molecule has 0 aliphatic carbocycles. The number of methoxy groups -OCH3 is 2. The number of piperazine rings is 1. The Hall–Kier alpha value is -2.73. The highest BCUT2D eigenvalue weighted by Crippen LogP contribution is 2.14. The van der Waals surface area contributed by atoms with Gasteiger partial charge in [-0.25, -0.2) is 4.79 Å². The first kappa shape index (κ1) is 21.0. The van der Waals surface area contributed by atoms with E-state index in [4.69, 9.17) is 9.47 Å². The number of hydrogen-bond acceptors (Lipinski definition) is 4. The molecule has 1 heterocycles. The Morgan fingerprint density at radius 2 is 1.62 bits per heavy atom. The van der Waals surface area contributed by atoms with Gasteiger partial charge in [0.05, 0.1) is 14.2 Å². The van der Waals surface area contributed by atoms with Crippen LogP contribution >= 0.6 is 0 Å². The summed E-state index contributed by atoms with van der Waals surface area (Å²) in [4.78, 5) is 16.7. The van der Waals surface area contributed by atoms with Crippen molar-refractivity contribution in [3.05, 3.63) is 59.7 Å². The molecule has 1 fully saturated rings. The van der Waals surface area contributed by atoms with Crippen molar-refractivity contribution in [2.45, 2.75) is 12.8 Å². The van der Waals surface area contributed by atoms with Crippen molar-refractivity contribution >= 4 is 6.03 Å². The van der Waals surface area contributed by atoms with Crippen LogP contribution in [0.25, 0.3) is 0 Å². The summed E-state index contributed by atoms with van der Waals surface area (Å²) < 4.78 is 10.5. The lowest BCUT2D eigenvalue weighted by Crippen LogP contribution is -2.52. The molecule has 0 saturated carbocycles. The van der Waals surface area contributed by atoms with Gasteiger partial charge in [-0.1, -0.05) is 24.3 Å². The molecule has 0 aromatic heterocycles. The van der Waals surface area contributed by atoms with Crippen LogP contribution in [-0.4, -0.2) is 69.3 Å². The number of carbonyl (C=O) groups is 1. The van der Waals surface area contributed by atoms with E-state index in [0.29, 0.717) is 6.54 Å². The van der Waals surface area contributed by atoms with E-state index in [1.807, 2.05) is 41.3 Å². The molecule has 29 heavy (non-hydrogen) atoms. The fraction of sp³-hybridized carbons (Fsp3) is 0.435. The summed E-state index contributed by atoms with van der Waals surface area (Å²) >= 11 is 0. The highest BCUT2D eigenvalue weighted by molar-refractivity contribution is 5.74. The lowest BCUT2D eigenvalue weighted by atomic mass is 10.1. The average Bonchev–Trinajstić information content (AvgIpc) is 2.78. The minimum atomic E-state index is 0.0333. The minimum Gasteiger partial charge on any atom is -0.497 e. The lowest BCUT2D eigenvalue weighted by Gasteiger charge is -2.34. The van der Waals surface area contributed by atoms with E-state index in [1.165, 1.54) is 11.1 Å². The molecule has 2 aromatic carbocycles. The van der Waals surface area contributed by atoms with Crippen LogP contribution in [0.3, 0.4) is 0 Å². The van der Waals surface area contributed by atoms with Crippen LogP contribution in [0, 0.1) is 0 Å². The summed E-state index contributed by atoms with van der Waals surface area (Å²) in [5.41, 5.74) is 2.47. The van der Waals surface area contributed by atoms with Gasteiger partial charge in [0.25, 0.3) is 0 Å². The van der Waals surface area contributed by atoms with Crippen molar-refractivity contribution in [2.75, 3.05) is 53.5 Å². The quantitative estimate of drug-likeness (QED) is 0.744. The molecule has 1 aliphatic rings. The smallest absolute Gasteiger partial charge is 0.317 e. The zero-order chi connectivity index (χ0) is 20.5. The molecule has 0 unspecified atom stereocenters. The van der Waals surface area contributed by atoms with Gasteiger partial charge < -0.3 is 19.7 Å². The lowest BCUT2D eigenvalue weighted by molar-refractivity contribution is 0.140. The van der Waals surface area contributed by atoms with Crippen molar-refractivity contribution < 1.29 is 14.3 Å². The van der Waals surface area contributed by atoms with Gasteiger partial charge in [-0.05, 0) is 48.2 Å². The van der Waals surface area contributed by atoms with Gasteiger partial charge in [0.2, 0.25) is 0 Å². The zero-order valence-electron chi connectivity index (χ0n) is 17.4. The molecule has 0 spiro atoms. The maximum Gasteiger partial charge on any atom is 0.317 e. The maximum atomic E-state index is 12.4. The van der Waals surface area contributed by atoms with E-state index in [0.717, 1.165) is 57.1 Å². The summed E-state index contributed by atoms with van der Waals surface area (Å²) in [7, 11) is 3.36. The van der Waals surface area contributed by atoms with Crippen LogP contribution in [0.4, 0.5) is 4.79 Å². The number of nitrogens with zero attached hydrogens (tertiary/aromatic N) is 2. The molecule has 6 nitrogen and oxygen atoms in total. The van der Waals surface area contributed by atoms with Crippen LogP contribution in [0.5, 0.6) is 11.5 Å². The van der Waals surface area contributed by atoms with Crippen molar-refractivity contribution in [2.24, 2.45) is 0 Å². The number of ether oxygens (including phenoxy) is 2. The number of rotatable bonds is 8. The normalized spacial score (nSPS) is 14.5. The molecule has 2 aromatic rings. The number of hydrogen-bond donors (Lipinski definition) is 1. The first-order valence-electron chi connectivity index (χ1n) is 10.2. The second-order valence-corrected chi connectivity index (χ2v) is 7.26. The molecular weight excluding hydrogens is 366 g/mol. The molecule has 156 valence electrons. The predicted octanol–water partition coefficient (Wildman–Crippen LogP) is 2.82. The Balaban J connectivity index is 1.34.